The fourth-order valence-corrected chi connectivity index (χ4v) is 15.1. The molecule has 3 aliphatic heterocycles. The molecule has 20 heteroatoms. The highest BCUT2D eigenvalue weighted by molar-refractivity contribution is 6.10. The molecule has 11 aromatic rings. The number of nitrogens with two attached hydrogens (primary N) is 1. The Labute approximate surface area is 679 Å². The standard InChI is InChI=1S/2C31H35N3O3.C21H26N2O2.C12H18N2O2/c2*1-35-25-12-11-23-19-24(20-28(26(23)21-25)34-16-5-4-6-17-34)27-14-15-32-31(33-27)9-7-8-22-10-13-29(36-2)30(18-22)37-3;1-22(2)12-9-21(24)17-13-16-7-8-18(25-3)15-19(16)20(14-17)23-10-5-4-6-11-23;1-15-10-7-6-9(8-11(10)16-2)4-3-5-12(13)14/h2*10-15,18-21H,4-9,16-17H2,1-3H3;7-9,12-15H,4-6,10-11H2,1-3H3;6-8H,3-5H2,1-2H3,(H3,13,14)/b;;12-9+;. The first-order valence-corrected chi connectivity index (χ1v) is 40.2. The van der Waals surface area contributed by atoms with Gasteiger partial charge in [0.15, 0.2) is 40.3 Å². The number of aryl methyl sites for hydroxylation is 5. The Morgan fingerprint density at radius 2 is 0.757 bits per heavy atom. The number of carbonyl (C=O) groups is 1. The molecule has 9 aromatic carbocycles. The van der Waals surface area contributed by atoms with E-state index in [-0.39, 0.29) is 11.6 Å². The van der Waals surface area contributed by atoms with Crippen molar-refractivity contribution in [3.05, 3.63) is 216 Å². The Morgan fingerprint density at radius 3 is 1.10 bits per heavy atom. The Bertz CT molecular complexity index is 4860. The van der Waals surface area contributed by atoms with E-state index < -0.39 is 0 Å². The summed E-state index contributed by atoms with van der Waals surface area (Å²) in [6, 6.07) is 53.9. The molecule has 0 saturated carbocycles. The molecule has 5 heterocycles. The quantitative estimate of drug-likeness (QED) is 0.0193. The van der Waals surface area contributed by atoms with Crippen molar-refractivity contribution < 1.29 is 47.4 Å². The molecule has 3 fully saturated rings. The summed E-state index contributed by atoms with van der Waals surface area (Å²) in [6.07, 6.45) is 26.2. The van der Waals surface area contributed by atoms with E-state index in [1.54, 1.807) is 76.3 Å². The van der Waals surface area contributed by atoms with E-state index in [1.165, 1.54) is 107 Å². The van der Waals surface area contributed by atoms with Gasteiger partial charge in [-0.05, 0) is 250 Å². The summed E-state index contributed by atoms with van der Waals surface area (Å²) in [5, 5.41) is 14.2. The first kappa shape index (κ1) is 84.1. The molecule has 0 amide bonds. The number of fused-ring (bicyclic) bond motifs is 3. The topological polar surface area (TPSA) is 215 Å². The first-order valence-electron chi connectivity index (χ1n) is 40.2. The number of piperidine rings is 3. The Hall–Kier alpha value is -11.8. The number of amidine groups is 1. The Balaban J connectivity index is 0.000000158. The van der Waals surface area contributed by atoms with Crippen LogP contribution in [-0.2, 0) is 32.1 Å². The monoisotopic (exact) mass is 1550 g/mol. The van der Waals surface area contributed by atoms with Crippen molar-refractivity contribution in [2.75, 3.05) is 132 Å². The summed E-state index contributed by atoms with van der Waals surface area (Å²) < 4.78 is 48.4. The van der Waals surface area contributed by atoms with Crippen LogP contribution >= 0.6 is 0 Å². The summed E-state index contributed by atoms with van der Waals surface area (Å²) in [5.74, 6) is 9.12. The van der Waals surface area contributed by atoms with Crippen molar-refractivity contribution >= 4 is 61.0 Å². The van der Waals surface area contributed by atoms with Crippen LogP contribution in [0.15, 0.2) is 182 Å². The van der Waals surface area contributed by atoms with Gasteiger partial charge in [0.05, 0.1) is 81.2 Å². The fraction of sp³-hybridized carbons (Fsp3) is 0.368. The summed E-state index contributed by atoms with van der Waals surface area (Å²) in [7, 11) is 18.9. The van der Waals surface area contributed by atoms with E-state index in [2.05, 4.69) is 91.4 Å². The van der Waals surface area contributed by atoms with Crippen LogP contribution in [0.2, 0.25) is 0 Å². The fourth-order valence-electron chi connectivity index (χ4n) is 15.1. The third kappa shape index (κ3) is 23.0. The normalized spacial score (nSPS) is 13.3. The number of rotatable bonds is 29. The van der Waals surface area contributed by atoms with Gasteiger partial charge in [0.25, 0.3) is 0 Å². The minimum atomic E-state index is 0.0321. The number of carbonyl (C=O) groups excluding carboxylic acids is 1. The highest BCUT2D eigenvalue weighted by Crippen LogP contribution is 2.40. The summed E-state index contributed by atoms with van der Waals surface area (Å²) >= 11 is 0. The first-order chi connectivity index (χ1) is 56.1. The largest absolute Gasteiger partial charge is 0.497 e. The zero-order valence-corrected chi connectivity index (χ0v) is 69.0. The van der Waals surface area contributed by atoms with Crippen LogP contribution in [0.1, 0.15) is 122 Å². The van der Waals surface area contributed by atoms with Gasteiger partial charge < -0.3 is 68.0 Å². The molecule has 14 rings (SSSR count). The maximum atomic E-state index is 12.6. The SMILES string of the molecule is COc1ccc(CCCC(=N)N)cc1OC.COc1ccc2cc(-c3ccnc(CCCc4ccc(OC)c(OC)c4)n3)cc(N3CCCCC3)c2c1.COc1ccc2cc(-c3ccnc(CCCc4ccc(OC)c(OC)c4)n3)cc(N3CCCCC3)c2c1.COc1ccc2cc(C(=O)/C=C/N(C)C)cc(N3CCCCC3)c2c1. The van der Waals surface area contributed by atoms with Crippen LogP contribution in [0.25, 0.3) is 54.8 Å². The number of ketones is 1. The number of nitrogens with one attached hydrogen (secondary N) is 1. The number of allylic oxidation sites excluding steroid dienone is 1. The van der Waals surface area contributed by atoms with Gasteiger partial charge in [-0.25, -0.2) is 19.9 Å². The highest BCUT2D eigenvalue weighted by atomic mass is 16.5. The highest BCUT2D eigenvalue weighted by Gasteiger charge is 2.22. The number of nitrogens with zero attached hydrogens (tertiary/aromatic N) is 8. The summed E-state index contributed by atoms with van der Waals surface area (Å²) in [4.78, 5) is 41.0. The molecule has 3 aliphatic rings. The van der Waals surface area contributed by atoms with Gasteiger partial charge in [-0.15, -0.1) is 0 Å². The number of hydrogen-bond acceptors (Lipinski definition) is 19. The lowest BCUT2D eigenvalue weighted by molar-refractivity contribution is 0.104. The predicted octanol–water partition coefficient (Wildman–Crippen LogP) is 19.0. The molecule has 20 nitrogen and oxygen atoms in total. The van der Waals surface area contributed by atoms with Crippen molar-refractivity contribution in [2.24, 2.45) is 5.73 Å². The van der Waals surface area contributed by atoms with Crippen LogP contribution in [0.4, 0.5) is 17.1 Å². The molecule has 3 saturated heterocycles. The minimum absolute atomic E-state index is 0.0321. The molecule has 0 aliphatic carbocycles. The lowest BCUT2D eigenvalue weighted by Crippen LogP contribution is -2.29. The molecule has 115 heavy (non-hydrogen) atoms. The predicted molar refractivity (Wildman–Crippen MR) is 466 cm³/mol. The maximum absolute atomic E-state index is 12.6. The molecule has 0 radical (unpaired) electrons. The third-order valence-electron chi connectivity index (χ3n) is 21.3. The lowest BCUT2D eigenvalue weighted by Gasteiger charge is -2.30. The van der Waals surface area contributed by atoms with Gasteiger partial charge in [-0.2, -0.15) is 0 Å². The molecular weight excluding hydrogens is 1440 g/mol. The maximum Gasteiger partial charge on any atom is 0.187 e. The van der Waals surface area contributed by atoms with E-state index in [4.69, 9.17) is 63.7 Å². The smallest absolute Gasteiger partial charge is 0.187 e. The lowest BCUT2D eigenvalue weighted by atomic mass is 9.99. The van der Waals surface area contributed by atoms with Crippen LogP contribution in [-0.4, -0.2) is 154 Å². The zero-order chi connectivity index (χ0) is 81.0. The van der Waals surface area contributed by atoms with Gasteiger partial charge in [0, 0.05) is 147 Å². The van der Waals surface area contributed by atoms with Crippen molar-refractivity contribution in [3.8, 4) is 74.3 Å². The zero-order valence-electron chi connectivity index (χ0n) is 69.0. The van der Waals surface area contributed by atoms with Crippen LogP contribution < -0.4 is 63.1 Å². The van der Waals surface area contributed by atoms with Crippen LogP contribution in [0.5, 0.6) is 51.7 Å². The van der Waals surface area contributed by atoms with Crippen molar-refractivity contribution in [3.63, 3.8) is 0 Å². The van der Waals surface area contributed by atoms with Crippen molar-refractivity contribution in [1.82, 2.24) is 24.8 Å². The number of benzene rings is 9. The molecule has 0 atom stereocenters. The van der Waals surface area contributed by atoms with Gasteiger partial charge in [-0.1, -0.05) is 36.4 Å². The summed E-state index contributed by atoms with van der Waals surface area (Å²) in [6.45, 7) is 6.42. The average Bonchev–Trinajstić information content (AvgIpc) is 0.789. The third-order valence-corrected chi connectivity index (χ3v) is 21.3. The number of hydrogen-bond donors (Lipinski definition) is 2. The molecule has 604 valence electrons. The van der Waals surface area contributed by atoms with Gasteiger partial charge in [0.2, 0.25) is 0 Å². The van der Waals surface area contributed by atoms with E-state index >= 15 is 0 Å². The molecule has 0 bridgehead atoms. The second-order valence-electron chi connectivity index (χ2n) is 29.4. The van der Waals surface area contributed by atoms with Crippen molar-refractivity contribution in [1.29, 1.82) is 5.41 Å². The summed E-state index contributed by atoms with van der Waals surface area (Å²) in [5.41, 5.74) is 17.5. The number of aromatic nitrogens is 4. The average molecular weight is 1560 g/mol. The van der Waals surface area contributed by atoms with E-state index in [0.717, 1.165) is 199 Å². The van der Waals surface area contributed by atoms with Crippen LogP contribution in [0.3, 0.4) is 0 Å². The van der Waals surface area contributed by atoms with E-state index in [1.807, 2.05) is 122 Å². The van der Waals surface area contributed by atoms with E-state index in [0.29, 0.717) is 6.42 Å². The van der Waals surface area contributed by atoms with E-state index in [9.17, 15) is 4.79 Å². The van der Waals surface area contributed by atoms with Gasteiger partial charge in [-0.3, -0.25) is 10.2 Å². The second kappa shape index (κ2) is 42.4. The minimum Gasteiger partial charge on any atom is -0.497 e. The van der Waals surface area contributed by atoms with Gasteiger partial charge >= 0.3 is 0 Å². The second-order valence-corrected chi connectivity index (χ2v) is 29.4. The number of methoxy groups -OCH3 is 9. The molecule has 0 spiro atoms. The number of anilines is 3. The Kier molecular flexibility index (Phi) is 31.0. The van der Waals surface area contributed by atoms with Crippen molar-refractivity contribution in [2.45, 2.75) is 116 Å². The molecule has 2 aromatic heterocycles. The number of ether oxygens (including phenoxy) is 9. The molecular formula is C95H114N10O10. The molecule has 3 N–H and O–H groups in total. The van der Waals surface area contributed by atoms with Crippen LogP contribution in [0, 0.1) is 5.41 Å². The Morgan fingerprint density at radius 1 is 0.400 bits per heavy atom. The molecule has 0 unspecified atom stereocenters. The van der Waals surface area contributed by atoms with Gasteiger partial charge in [0.1, 0.15) is 28.9 Å².